The lowest BCUT2D eigenvalue weighted by Gasteiger charge is -2.18. The molecule has 0 saturated carbocycles. The van der Waals surface area contributed by atoms with Crippen molar-refractivity contribution in [2.24, 2.45) is 0 Å². The van der Waals surface area contributed by atoms with Crippen molar-refractivity contribution in [3.63, 3.8) is 0 Å². The summed E-state index contributed by atoms with van der Waals surface area (Å²) in [7, 11) is 0. The highest BCUT2D eigenvalue weighted by atomic mass is 32.1. The highest BCUT2D eigenvalue weighted by molar-refractivity contribution is 7.10. The van der Waals surface area contributed by atoms with E-state index in [2.05, 4.69) is 28.8 Å². The topological polar surface area (TPSA) is 59.6 Å². The Balaban J connectivity index is 1.66. The van der Waals surface area contributed by atoms with Gasteiger partial charge in [0.05, 0.1) is 25.8 Å². The van der Waals surface area contributed by atoms with Gasteiger partial charge in [-0.1, -0.05) is 36.4 Å². The predicted molar refractivity (Wildman–Crippen MR) is 118 cm³/mol. The summed E-state index contributed by atoms with van der Waals surface area (Å²) in [5.74, 6) is 1.18. The zero-order valence-electron chi connectivity index (χ0n) is 16.7. The van der Waals surface area contributed by atoms with Crippen LogP contribution in [0.1, 0.15) is 30.3 Å². The second-order valence-corrected chi connectivity index (χ2v) is 7.30. The van der Waals surface area contributed by atoms with E-state index in [0.717, 1.165) is 5.56 Å². The Morgan fingerprint density at radius 3 is 2.41 bits per heavy atom. The van der Waals surface area contributed by atoms with Gasteiger partial charge in [-0.15, -0.1) is 11.3 Å². The average molecular weight is 411 g/mol. The van der Waals surface area contributed by atoms with Crippen molar-refractivity contribution in [1.29, 1.82) is 0 Å². The van der Waals surface area contributed by atoms with E-state index < -0.39 is 0 Å². The van der Waals surface area contributed by atoms with Gasteiger partial charge >= 0.3 is 0 Å². The van der Waals surface area contributed by atoms with Crippen LogP contribution in [0.3, 0.4) is 0 Å². The lowest BCUT2D eigenvalue weighted by molar-refractivity contribution is -0.115. The van der Waals surface area contributed by atoms with Crippen LogP contribution in [-0.2, 0) is 4.79 Å². The predicted octanol–water partition coefficient (Wildman–Crippen LogP) is 4.86. The summed E-state index contributed by atoms with van der Waals surface area (Å²) in [6.45, 7) is 5.11. The minimum atomic E-state index is -0.117. The molecule has 1 atom stereocenters. The van der Waals surface area contributed by atoms with Gasteiger partial charge in [0.15, 0.2) is 11.5 Å². The van der Waals surface area contributed by atoms with Gasteiger partial charge in [0.25, 0.3) is 0 Å². The number of anilines is 1. The van der Waals surface area contributed by atoms with Crippen molar-refractivity contribution in [3.8, 4) is 11.5 Å². The molecular weight excluding hydrogens is 384 g/mol. The van der Waals surface area contributed by atoms with Gasteiger partial charge in [0.1, 0.15) is 0 Å². The maximum atomic E-state index is 12.6. The number of carbonyl (C=O) groups is 1. The second-order valence-electron chi connectivity index (χ2n) is 6.32. The Morgan fingerprint density at radius 1 is 0.966 bits per heavy atom. The number of ether oxygens (including phenoxy) is 2. The van der Waals surface area contributed by atoms with E-state index in [0.29, 0.717) is 30.4 Å². The van der Waals surface area contributed by atoms with E-state index in [1.807, 2.05) is 55.6 Å². The molecule has 1 heterocycles. The van der Waals surface area contributed by atoms with Crippen LogP contribution < -0.4 is 20.1 Å². The average Bonchev–Trinajstić information content (AvgIpc) is 3.26. The van der Waals surface area contributed by atoms with Gasteiger partial charge in [0, 0.05) is 16.6 Å². The van der Waals surface area contributed by atoms with Gasteiger partial charge in [-0.3, -0.25) is 10.1 Å². The fourth-order valence-corrected chi connectivity index (χ4v) is 3.84. The first kappa shape index (κ1) is 20.9. The normalized spacial score (nSPS) is 11.7. The third-order valence-electron chi connectivity index (χ3n) is 4.25. The zero-order valence-corrected chi connectivity index (χ0v) is 17.5. The lowest BCUT2D eigenvalue weighted by Crippen LogP contribution is -2.31. The molecule has 29 heavy (non-hydrogen) atoms. The van der Waals surface area contributed by atoms with Gasteiger partial charge in [0.2, 0.25) is 5.91 Å². The Hall–Kier alpha value is -2.83. The van der Waals surface area contributed by atoms with Crippen molar-refractivity contribution in [2.75, 3.05) is 25.1 Å². The lowest BCUT2D eigenvalue weighted by atomic mass is 10.1. The van der Waals surface area contributed by atoms with Crippen LogP contribution in [0.15, 0.2) is 66.0 Å². The summed E-state index contributed by atoms with van der Waals surface area (Å²) in [5, 5.41) is 8.34. The molecule has 0 saturated heterocycles. The number of thiophene rings is 1. The Morgan fingerprint density at radius 2 is 1.72 bits per heavy atom. The molecule has 2 N–H and O–H groups in total. The molecule has 1 aromatic heterocycles. The van der Waals surface area contributed by atoms with Crippen LogP contribution in [0.2, 0.25) is 0 Å². The Kier molecular flexibility index (Phi) is 7.67. The summed E-state index contributed by atoms with van der Waals surface area (Å²) in [6.07, 6.45) is 0. The second kappa shape index (κ2) is 10.6. The minimum Gasteiger partial charge on any atom is -0.490 e. The summed E-state index contributed by atoms with van der Waals surface area (Å²) in [4.78, 5) is 13.7. The molecule has 0 aliphatic rings. The standard InChI is InChI=1S/C23H26N2O3S/c1-3-27-19-13-12-18(15-20(19)28-4-2)25-22(26)16-24-23(21-11-8-14-29-21)17-9-6-5-7-10-17/h5-15,23-24H,3-4,16H2,1-2H3,(H,25,26)/t23-/m1/s1. The number of benzene rings is 2. The molecule has 0 fully saturated rings. The molecule has 2 aromatic carbocycles. The van der Waals surface area contributed by atoms with E-state index in [9.17, 15) is 4.79 Å². The number of hydrogen-bond acceptors (Lipinski definition) is 5. The van der Waals surface area contributed by atoms with Gasteiger partial charge < -0.3 is 14.8 Å². The molecule has 5 nitrogen and oxygen atoms in total. The highest BCUT2D eigenvalue weighted by Crippen LogP contribution is 2.30. The molecule has 0 bridgehead atoms. The van der Waals surface area contributed by atoms with E-state index >= 15 is 0 Å². The molecule has 0 unspecified atom stereocenters. The van der Waals surface area contributed by atoms with E-state index in [-0.39, 0.29) is 18.5 Å². The van der Waals surface area contributed by atoms with Crippen LogP contribution in [0.5, 0.6) is 11.5 Å². The summed E-state index contributed by atoms with van der Waals surface area (Å²) in [5.41, 5.74) is 1.80. The number of carbonyl (C=O) groups excluding carboxylic acids is 1. The molecule has 1 amide bonds. The van der Waals surface area contributed by atoms with Crippen molar-refractivity contribution in [2.45, 2.75) is 19.9 Å². The fraction of sp³-hybridized carbons (Fsp3) is 0.261. The first-order valence-electron chi connectivity index (χ1n) is 9.72. The summed E-state index contributed by atoms with van der Waals surface area (Å²) in [6, 6.07) is 19.6. The molecule has 3 aromatic rings. The molecule has 6 heteroatoms. The largest absolute Gasteiger partial charge is 0.490 e. The van der Waals surface area contributed by atoms with E-state index in [1.165, 1.54) is 4.88 Å². The maximum absolute atomic E-state index is 12.6. The van der Waals surface area contributed by atoms with Crippen LogP contribution in [0.4, 0.5) is 5.69 Å². The smallest absolute Gasteiger partial charge is 0.238 e. The third-order valence-corrected chi connectivity index (χ3v) is 5.19. The quantitative estimate of drug-likeness (QED) is 0.501. The molecule has 0 radical (unpaired) electrons. The zero-order chi connectivity index (χ0) is 20.5. The first-order valence-corrected chi connectivity index (χ1v) is 10.6. The number of amides is 1. The third kappa shape index (κ3) is 5.82. The first-order chi connectivity index (χ1) is 14.2. The fourth-order valence-electron chi connectivity index (χ4n) is 3.01. The molecule has 0 aliphatic heterocycles. The van der Waals surface area contributed by atoms with Crippen molar-refractivity contribution in [3.05, 3.63) is 76.5 Å². The summed E-state index contributed by atoms with van der Waals surface area (Å²) >= 11 is 1.67. The van der Waals surface area contributed by atoms with Crippen LogP contribution in [-0.4, -0.2) is 25.7 Å². The van der Waals surface area contributed by atoms with Crippen molar-refractivity contribution >= 4 is 22.9 Å². The molecule has 152 valence electrons. The number of nitrogens with one attached hydrogen (secondary N) is 2. The Labute approximate surface area is 175 Å². The molecule has 0 aliphatic carbocycles. The van der Waals surface area contributed by atoms with E-state index in [4.69, 9.17) is 9.47 Å². The SMILES string of the molecule is CCOc1ccc(NC(=O)CN[C@H](c2ccccc2)c2cccs2)cc1OCC. The molecular formula is C23H26N2O3S. The van der Waals surface area contributed by atoms with Gasteiger partial charge in [-0.25, -0.2) is 0 Å². The number of rotatable bonds is 10. The minimum absolute atomic E-state index is 0.0266. The van der Waals surface area contributed by atoms with Gasteiger partial charge in [-0.2, -0.15) is 0 Å². The van der Waals surface area contributed by atoms with E-state index in [1.54, 1.807) is 17.4 Å². The van der Waals surface area contributed by atoms with Crippen LogP contribution in [0, 0.1) is 0 Å². The molecule has 0 spiro atoms. The summed E-state index contributed by atoms with van der Waals surface area (Å²) < 4.78 is 11.2. The molecule has 3 rings (SSSR count). The van der Waals surface area contributed by atoms with Gasteiger partial charge in [-0.05, 0) is 43.0 Å². The van der Waals surface area contributed by atoms with Crippen LogP contribution >= 0.6 is 11.3 Å². The van der Waals surface area contributed by atoms with Crippen LogP contribution in [0.25, 0.3) is 0 Å². The highest BCUT2D eigenvalue weighted by Gasteiger charge is 2.16. The Bertz CT molecular complexity index is 898. The number of hydrogen-bond donors (Lipinski definition) is 2. The van der Waals surface area contributed by atoms with Crippen molar-refractivity contribution < 1.29 is 14.3 Å². The maximum Gasteiger partial charge on any atom is 0.238 e. The monoisotopic (exact) mass is 410 g/mol. The van der Waals surface area contributed by atoms with Crippen molar-refractivity contribution in [1.82, 2.24) is 5.32 Å².